The smallest absolute Gasteiger partial charge is 0.0426 e. The van der Waals surface area contributed by atoms with Gasteiger partial charge in [-0.25, -0.2) is 0 Å². The number of nitrogens with zero attached hydrogens (tertiary/aromatic N) is 1. The molecule has 1 heterocycles. The fourth-order valence-electron chi connectivity index (χ4n) is 0.564. The van der Waals surface area contributed by atoms with Crippen molar-refractivity contribution in [3.63, 3.8) is 0 Å². The number of hydrogen-bond acceptors (Lipinski definition) is 1. The van der Waals surface area contributed by atoms with Crippen LogP contribution in [0.5, 0.6) is 0 Å². The summed E-state index contributed by atoms with van der Waals surface area (Å²) in [6.07, 6.45) is 5.23. The van der Waals surface area contributed by atoms with E-state index in [1.54, 1.807) is 6.08 Å². The zero-order chi connectivity index (χ0) is 5.98. The van der Waals surface area contributed by atoms with Crippen molar-refractivity contribution in [2.75, 3.05) is 6.54 Å². The first-order valence-electron chi connectivity index (χ1n) is 2.58. The quantitative estimate of drug-likeness (QED) is 0.429. The van der Waals surface area contributed by atoms with Gasteiger partial charge in [-0.15, -0.1) is 0 Å². The molecule has 0 unspecified atom stereocenters. The largest absolute Gasteiger partial charge is 0.221 e. The Morgan fingerprint density at radius 3 is 2.88 bits per heavy atom. The van der Waals surface area contributed by atoms with Crippen LogP contribution in [0, 0.1) is 4.91 Å². The topological polar surface area (TPSA) is 20.1 Å². The molecule has 0 aromatic heterocycles. The highest BCUT2D eigenvalue weighted by molar-refractivity contribution is 5.15. The predicted octanol–water partition coefficient (Wildman–Crippen LogP) is 1.24. The molecule has 42 valence electrons. The van der Waals surface area contributed by atoms with E-state index < -0.39 is 0 Å². The molecule has 0 radical (unpaired) electrons. The average Bonchev–Trinajstić information content (AvgIpc) is 1.77. The van der Waals surface area contributed by atoms with Gasteiger partial charge in [-0.2, -0.15) is 0 Å². The van der Waals surface area contributed by atoms with Gasteiger partial charge in [-0.3, -0.25) is 0 Å². The first kappa shape index (κ1) is 5.22. The zero-order valence-electron chi connectivity index (χ0n) is 4.79. The summed E-state index contributed by atoms with van der Waals surface area (Å²) in [7, 11) is 0. The summed E-state index contributed by atoms with van der Waals surface area (Å²) in [6.45, 7) is 2.48. The molecule has 0 saturated heterocycles. The molecule has 0 fully saturated rings. The zero-order valence-corrected chi connectivity index (χ0v) is 4.79. The van der Waals surface area contributed by atoms with Crippen LogP contribution < -0.4 is 0 Å². The van der Waals surface area contributed by atoms with Gasteiger partial charge in [-0.1, -0.05) is 0 Å². The van der Waals surface area contributed by atoms with Gasteiger partial charge in [0.1, 0.15) is 0 Å². The second-order valence-corrected chi connectivity index (χ2v) is 1.86. The van der Waals surface area contributed by atoms with Crippen LogP contribution in [0.1, 0.15) is 6.92 Å². The van der Waals surface area contributed by atoms with Gasteiger partial charge in [0.25, 0.3) is 0 Å². The SMILES string of the molecule is CC1=CC[N+](=O)C=C1. The molecule has 0 amide bonds. The summed E-state index contributed by atoms with van der Waals surface area (Å²) in [5.41, 5.74) is 1.16. The maximum absolute atomic E-state index is 10.4. The maximum atomic E-state index is 10.4. The molecule has 0 N–H and O–H groups in total. The number of rotatable bonds is 0. The van der Waals surface area contributed by atoms with Crippen LogP contribution in [0.25, 0.3) is 0 Å². The van der Waals surface area contributed by atoms with E-state index in [0.717, 1.165) is 10.3 Å². The summed E-state index contributed by atoms with van der Waals surface area (Å²) in [4.78, 5) is 10.4. The Morgan fingerprint density at radius 2 is 2.50 bits per heavy atom. The lowest BCUT2D eigenvalue weighted by atomic mass is 10.2. The van der Waals surface area contributed by atoms with E-state index in [2.05, 4.69) is 0 Å². The molecule has 0 bridgehead atoms. The monoisotopic (exact) mass is 110 g/mol. The summed E-state index contributed by atoms with van der Waals surface area (Å²) in [5, 5.41) is 0. The Bertz CT molecular complexity index is 165. The van der Waals surface area contributed by atoms with Crippen LogP contribution in [-0.2, 0) is 0 Å². The summed E-state index contributed by atoms with van der Waals surface area (Å²) in [5.74, 6) is 0. The summed E-state index contributed by atoms with van der Waals surface area (Å²) >= 11 is 0. The second-order valence-electron chi connectivity index (χ2n) is 1.86. The minimum absolute atomic E-state index is 0.502. The predicted molar refractivity (Wildman–Crippen MR) is 31.4 cm³/mol. The molecule has 8 heavy (non-hydrogen) atoms. The first-order chi connectivity index (χ1) is 3.79. The molecule has 0 aromatic carbocycles. The van der Waals surface area contributed by atoms with Gasteiger partial charge < -0.3 is 0 Å². The normalized spacial score (nSPS) is 18.6. The van der Waals surface area contributed by atoms with Gasteiger partial charge in [0.05, 0.1) is 0 Å². The van der Waals surface area contributed by atoms with Crippen molar-refractivity contribution >= 4 is 0 Å². The Hall–Kier alpha value is -0.920. The lowest BCUT2D eigenvalue weighted by Crippen LogP contribution is -2.02. The highest BCUT2D eigenvalue weighted by atomic mass is 16.3. The van der Waals surface area contributed by atoms with Crippen molar-refractivity contribution in [3.05, 3.63) is 28.8 Å². The standard InChI is InChI=1S/C6H8NO/c1-6-2-4-7(8)5-3-6/h2-4H,5H2,1H3/q+1. The lowest BCUT2D eigenvalue weighted by molar-refractivity contribution is -0.469. The molecule has 2 heteroatoms. The molecule has 0 atom stereocenters. The minimum Gasteiger partial charge on any atom is -0.0426 e. The van der Waals surface area contributed by atoms with Gasteiger partial charge in [-0.05, 0) is 18.6 Å². The van der Waals surface area contributed by atoms with Crippen LogP contribution in [0.2, 0.25) is 0 Å². The van der Waals surface area contributed by atoms with Crippen LogP contribution in [0.3, 0.4) is 0 Å². The van der Waals surface area contributed by atoms with Crippen LogP contribution >= 0.6 is 0 Å². The van der Waals surface area contributed by atoms with E-state index in [-0.39, 0.29) is 0 Å². The van der Waals surface area contributed by atoms with Crippen molar-refractivity contribution in [3.8, 4) is 0 Å². The molecule has 2 nitrogen and oxygen atoms in total. The van der Waals surface area contributed by atoms with Crippen LogP contribution in [0.15, 0.2) is 23.9 Å². The molecule has 0 spiro atoms. The summed E-state index contributed by atoms with van der Waals surface area (Å²) < 4.78 is 0.896. The molecular formula is C6H8NO+. The van der Waals surface area contributed by atoms with Crippen molar-refractivity contribution in [2.24, 2.45) is 0 Å². The van der Waals surface area contributed by atoms with Gasteiger partial charge >= 0.3 is 0 Å². The molecule has 1 aliphatic rings. The average molecular weight is 110 g/mol. The summed E-state index contributed by atoms with van der Waals surface area (Å²) in [6, 6.07) is 0. The Kier molecular flexibility index (Phi) is 1.24. The Morgan fingerprint density at radius 1 is 1.75 bits per heavy atom. The van der Waals surface area contributed by atoms with Gasteiger partial charge in [0.15, 0.2) is 0 Å². The molecule has 1 rings (SSSR count). The van der Waals surface area contributed by atoms with Gasteiger partial charge in [0, 0.05) is 15.7 Å². The lowest BCUT2D eigenvalue weighted by Gasteiger charge is -1.90. The maximum Gasteiger partial charge on any atom is 0.221 e. The highest BCUT2D eigenvalue weighted by Gasteiger charge is 2.03. The fourth-order valence-corrected chi connectivity index (χ4v) is 0.564. The van der Waals surface area contributed by atoms with E-state index in [1.165, 1.54) is 6.20 Å². The van der Waals surface area contributed by atoms with E-state index in [9.17, 15) is 4.91 Å². The van der Waals surface area contributed by atoms with Crippen molar-refractivity contribution in [1.82, 2.24) is 0 Å². The second kappa shape index (κ2) is 1.90. The molecule has 0 saturated carbocycles. The van der Waals surface area contributed by atoms with E-state index in [1.807, 2.05) is 13.0 Å². The first-order valence-corrected chi connectivity index (χ1v) is 2.58. The molecular weight excluding hydrogens is 102 g/mol. The number of nitroso groups, excluding NO2 is 1. The molecule has 0 aliphatic carbocycles. The van der Waals surface area contributed by atoms with Crippen LogP contribution in [0.4, 0.5) is 0 Å². The third-order valence-corrected chi connectivity index (χ3v) is 1.10. The third-order valence-electron chi connectivity index (χ3n) is 1.10. The highest BCUT2D eigenvalue weighted by Crippen LogP contribution is 1.99. The third kappa shape index (κ3) is 1.03. The van der Waals surface area contributed by atoms with Crippen molar-refractivity contribution < 1.29 is 4.76 Å². The van der Waals surface area contributed by atoms with E-state index in [0.29, 0.717) is 6.54 Å². The van der Waals surface area contributed by atoms with Crippen molar-refractivity contribution in [1.29, 1.82) is 0 Å². The van der Waals surface area contributed by atoms with Gasteiger partial charge in [0.2, 0.25) is 12.7 Å². The number of hydrogen-bond donors (Lipinski definition) is 0. The Labute approximate surface area is 48.1 Å². The Balaban J connectivity index is 2.71. The molecule has 0 aromatic rings. The van der Waals surface area contributed by atoms with E-state index in [4.69, 9.17) is 0 Å². The van der Waals surface area contributed by atoms with E-state index >= 15 is 0 Å². The van der Waals surface area contributed by atoms with Crippen molar-refractivity contribution in [2.45, 2.75) is 6.92 Å². The van der Waals surface area contributed by atoms with Crippen LogP contribution in [-0.4, -0.2) is 11.3 Å². The molecule has 1 aliphatic heterocycles. The number of allylic oxidation sites excluding steroid dienone is 2. The minimum atomic E-state index is 0.502. The fraction of sp³-hybridized carbons (Fsp3) is 0.333.